The maximum absolute atomic E-state index is 12.8. The Labute approximate surface area is 145 Å². The van der Waals surface area contributed by atoms with Gasteiger partial charge in [0.25, 0.3) is 5.91 Å². The number of hydrogen-bond donors (Lipinski definition) is 0. The second-order valence-corrected chi connectivity index (χ2v) is 6.56. The SMILES string of the molecule is O=C(c1cnn2c(-c3ccc(Cl)cc3)cccc12)N1CCCCC1. The number of halogens is 1. The van der Waals surface area contributed by atoms with Crippen LogP contribution in [0.2, 0.25) is 5.02 Å². The number of aromatic nitrogens is 2. The Morgan fingerprint density at radius 2 is 1.75 bits per heavy atom. The summed E-state index contributed by atoms with van der Waals surface area (Å²) in [4.78, 5) is 14.8. The van der Waals surface area contributed by atoms with Gasteiger partial charge in [0.2, 0.25) is 0 Å². The van der Waals surface area contributed by atoms with E-state index >= 15 is 0 Å². The van der Waals surface area contributed by atoms with Crippen LogP contribution in [0.15, 0.2) is 48.7 Å². The van der Waals surface area contributed by atoms with Crippen molar-refractivity contribution in [2.24, 2.45) is 0 Å². The van der Waals surface area contributed by atoms with Gasteiger partial charge in [0.1, 0.15) is 0 Å². The summed E-state index contributed by atoms with van der Waals surface area (Å²) in [5.74, 6) is 0.0814. The van der Waals surface area contributed by atoms with Gasteiger partial charge in [-0.25, -0.2) is 4.52 Å². The molecule has 0 spiro atoms. The van der Waals surface area contributed by atoms with Crippen LogP contribution in [0.1, 0.15) is 29.6 Å². The number of pyridine rings is 1. The molecule has 2 aromatic heterocycles. The summed E-state index contributed by atoms with van der Waals surface area (Å²) >= 11 is 5.98. The fourth-order valence-electron chi connectivity index (χ4n) is 3.28. The van der Waals surface area contributed by atoms with Crippen molar-refractivity contribution in [3.05, 3.63) is 59.2 Å². The smallest absolute Gasteiger partial charge is 0.257 e. The van der Waals surface area contributed by atoms with Crippen molar-refractivity contribution in [2.45, 2.75) is 19.3 Å². The molecule has 1 aromatic carbocycles. The van der Waals surface area contributed by atoms with E-state index in [1.54, 1.807) is 6.20 Å². The Hall–Kier alpha value is -2.33. The van der Waals surface area contributed by atoms with Crippen LogP contribution in [0.25, 0.3) is 16.8 Å². The highest BCUT2D eigenvalue weighted by atomic mass is 35.5. The molecule has 122 valence electrons. The lowest BCUT2D eigenvalue weighted by molar-refractivity contribution is 0.0726. The number of benzene rings is 1. The molecule has 0 N–H and O–H groups in total. The van der Waals surface area contributed by atoms with Crippen LogP contribution in [0.4, 0.5) is 0 Å². The number of likely N-dealkylation sites (tertiary alicyclic amines) is 1. The molecule has 1 saturated heterocycles. The third-order valence-corrected chi connectivity index (χ3v) is 4.81. The first-order valence-electron chi connectivity index (χ1n) is 8.26. The first-order valence-corrected chi connectivity index (χ1v) is 8.64. The van der Waals surface area contributed by atoms with Gasteiger partial charge >= 0.3 is 0 Å². The molecule has 0 saturated carbocycles. The Morgan fingerprint density at radius 3 is 2.50 bits per heavy atom. The van der Waals surface area contributed by atoms with Crippen molar-refractivity contribution < 1.29 is 4.79 Å². The third kappa shape index (κ3) is 2.67. The van der Waals surface area contributed by atoms with Crippen molar-refractivity contribution in [1.29, 1.82) is 0 Å². The summed E-state index contributed by atoms with van der Waals surface area (Å²) in [7, 11) is 0. The number of carbonyl (C=O) groups excluding carboxylic acids is 1. The maximum Gasteiger partial charge on any atom is 0.257 e. The van der Waals surface area contributed by atoms with Gasteiger partial charge in [-0.2, -0.15) is 5.10 Å². The van der Waals surface area contributed by atoms with Crippen molar-refractivity contribution in [1.82, 2.24) is 14.5 Å². The van der Waals surface area contributed by atoms with Crippen molar-refractivity contribution >= 4 is 23.0 Å². The largest absolute Gasteiger partial charge is 0.339 e. The van der Waals surface area contributed by atoms with Gasteiger partial charge in [-0.3, -0.25) is 4.79 Å². The lowest BCUT2D eigenvalue weighted by Crippen LogP contribution is -2.35. The molecule has 3 heterocycles. The number of nitrogens with zero attached hydrogens (tertiary/aromatic N) is 3. The first kappa shape index (κ1) is 15.2. The summed E-state index contributed by atoms with van der Waals surface area (Å²) in [5, 5.41) is 5.17. The molecule has 1 aliphatic rings. The second-order valence-electron chi connectivity index (χ2n) is 6.13. The topological polar surface area (TPSA) is 37.6 Å². The van der Waals surface area contributed by atoms with E-state index in [2.05, 4.69) is 5.10 Å². The minimum absolute atomic E-state index is 0.0814. The highest BCUT2D eigenvalue weighted by molar-refractivity contribution is 6.30. The van der Waals surface area contributed by atoms with Crippen molar-refractivity contribution in [3.8, 4) is 11.3 Å². The van der Waals surface area contributed by atoms with Gasteiger partial charge in [-0.1, -0.05) is 29.8 Å². The first-order chi connectivity index (χ1) is 11.7. The number of fused-ring (bicyclic) bond motifs is 1. The number of amides is 1. The van der Waals surface area contributed by atoms with Gasteiger partial charge in [-0.05, 0) is 43.5 Å². The summed E-state index contributed by atoms with van der Waals surface area (Å²) in [6.07, 6.45) is 5.06. The van der Waals surface area contributed by atoms with Crippen molar-refractivity contribution in [2.75, 3.05) is 13.1 Å². The zero-order valence-electron chi connectivity index (χ0n) is 13.3. The van der Waals surface area contributed by atoms with E-state index in [9.17, 15) is 4.79 Å². The molecule has 4 rings (SSSR count). The van der Waals surface area contributed by atoms with E-state index in [4.69, 9.17) is 11.6 Å². The van der Waals surface area contributed by atoms with Crippen LogP contribution in [-0.2, 0) is 0 Å². The molecule has 1 fully saturated rings. The molecular formula is C19H18ClN3O. The lowest BCUT2D eigenvalue weighted by atomic mass is 10.1. The molecule has 1 aliphatic heterocycles. The van der Waals surface area contributed by atoms with Crippen LogP contribution in [0.5, 0.6) is 0 Å². The zero-order valence-corrected chi connectivity index (χ0v) is 14.0. The molecule has 3 aromatic rings. The minimum atomic E-state index is 0.0814. The van der Waals surface area contributed by atoms with Crippen LogP contribution in [0, 0.1) is 0 Å². The molecule has 0 aliphatic carbocycles. The van der Waals surface area contributed by atoms with Gasteiger partial charge < -0.3 is 4.90 Å². The summed E-state index contributed by atoms with van der Waals surface area (Å²) in [6.45, 7) is 1.68. The lowest BCUT2D eigenvalue weighted by Gasteiger charge is -2.26. The number of carbonyl (C=O) groups is 1. The summed E-state index contributed by atoms with van der Waals surface area (Å²) in [5.41, 5.74) is 3.48. The van der Waals surface area contributed by atoms with E-state index in [0.29, 0.717) is 10.6 Å². The third-order valence-electron chi connectivity index (χ3n) is 4.56. The Bertz CT molecular complexity index is 879. The van der Waals surface area contributed by atoms with Gasteiger partial charge in [-0.15, -0.1) is 0 Å². The van der Waals surface area contributed by atoms with Gasteiger partial charge in [0, 0.05) is 23.7 Å². The minimum Gasteiger partial charge on any atom is -0.339 e. The Kier molecular flexibility index (Phi) is 3.98. The summed E-state index contributed by atoms with van der Waals surface area (Å²) < 4.78 is 1.83. The highest BCUT2D eigenvalue weighted by Crippen LogP contribution is 2.25. The van der Waals surface area contributed by atoms with Crippen molar-refractivity contribution in [3.63, 3.8) is 0 Å². The molecule has 0 unspecified atom stereocenters. The zero-order chi connectivity index (χ0) is 16.5. The fourth-order valence-corrected chi connectivity index (χ4v) is 3.41. The standard InChI is InChI=1S/C19H18ClN3O/c20-15-9-7-14(8-10-15)17-5-4-6-18-16(13-21-23(17)18)19(24)22-11-2-1-3-12-22/h4-10,13H,1-3,11-12H2. The van der Waals surface area contributed by atoms with Crippen LogP contribution in [0.3, 0.4) is 0 Å². The van der Waals surface area contributed by atoms with Crippen LogP contribution in [-0.4, -0.2) is 33.5 Å². The average Bonchev–Trinajstić information content (AvgIpc) is 3.07. The molecule has 0 bridgehead atoms. The second kappa shape index (κ2) is 6.29. The normalized spacial score (nSPS) is 15.0. The molecule has 24 heavy (non-hydrogen) atoms. The van der Waals surface area contributed by atoms with Gasteiger partial charge in [0.05, 0.1) is 23.0 Å². The number of hydrogen-bond acceptors (Lipinski definition) is 2. The quantitative estimate of drug-likeness (QED) is 0.698. The predicted octanol–water partition coefficient (Wildman–Crippen LogP) is 4.28. The maximum atomic E-state index is 12.8. The van der Waals surface area contributed by atoms with E-state index < -0.39 is 0 Å². The van der Waals surface area contributed by atoms with E-state index in [-0.39, 0.29) is 5.91 Å². The monoisotopic (exact) mass is 339 g/mol. The molecule has 0 radical (unpaired) electrons. The molecular weight excluding hydrogens is 322 g/mol. The molecule has 5 heteroatoms. The van der Waals surface area contributed by atoms with Crippen LogP contribution >= 0.6 is 11.6 Å². The fraction of sp³-hybridized carbons (Fsp3) is 0.263. The van der Waals surface area contributed by atoms with Gasteiger partial charge in [0.15, 0.2) is 0 Å². The van der Waals surface area contributed by atoms with Crippen LogP contribution < -0.4 is 0 Å². The molecule has 4 nitrogen and oxygen atoms in total. The Balaban J connectivity index is 1.76. The average molecular weight is 340 g/mol. The predicted molar refractivity (Wildman–Crippen MR) is 95.4 cm³/mol. The number of piperidine rings is 1. The van der Waals surface area contributed by atoms with E-state index in [1.807, 2.05) is 51.9 Å². The van der Waals surface area contributed by atoms with E-state index in [0.717, 1.165) is 42.7 Å². The highest BCUT2D eigenvalue weighted by Gasteiger charge is 2.22. The Morgan fingerprint density at radius 1 is 1.00 bits per heavy atom. The number of rotatable bonds is 2. The van der Waals surface area contributed by atoms with E-state index in [1.165, 1.54) is 6.42 Å². The summed E-state index contributed by atoms with van der Waals surface area (Å²) in [6, 6.07) is 13.6. The molecule has 1 amide bonds. The molecule has 0 atom stereocenters.